The summed E-state index contributed by atoms with van der Waals surface area (Å²) in [6.45, 7) is 0. The van der Waals surface area contributed by atoms with E-state index in [1.54, 1.807) is 49.8 Å². The van der Waals surface area contributed by atoms with Gasteiger partial charge in [-0.15, -0.1) is 0 Å². The molecule has 328 valence electrons. The number of amides is 2. The quantitative estimate of drug-likeness (QED) is 0.107. The van der Waals surface area contributed by atoms with Crippen molar-refractivity contribution in [1.82, 2.24) is 19.9 Å². The number of fused-ring (bicyclic) bond motifs is 2. The topological polar surface area (TPSA) is 209 Å². The van der Waals surface area contributed by atoms with E-state index in [1.165, 1.54) is 21.9 Å². The van der Waals surface area contributed by atoms with Crippen LogP contribution in [0.3, 0.4) is 0 Å². The first-order valence-electron chi connectivity index (χ1n) is 20.2. The van der Waals surface area contributed by atoms with Gasteiger partial charge in [-0.25, -0.2) is 36.8 Å². The molecule has 4 N–H and O–H groups in total. The lowest BCUT2D eigenvalue weighted by Crippen LogP contribution is -2.26. The summed E-state index contributed by atoms with van der Waals surface area (Å²) in [4.78, 5) is 40.6. The van der Waals surface area contributed by atoms with E-state index in [0.29, 0.717) is 73.1 Å². The Balaban J connectivity index is 0.000000191. The summed E-state index contributed by atoms with van der Waals surface area (Å²) in [5, 5.41) is 12.1. The lowest BCUT2D eigenvalue weighted by Gasteiger charge is -2.20. The summed E-state index contributed by atoms with van der Waals surface area (Å²) in [6.07, 6.45) is 9.28. The minimum absolute atomic E-state index is 0.0251. The number of hydrogen-bond acceptors (Lipinski definition) is 12. The Labute approximate surface area is 372 Å². The van der Waals surface area contributed by atoms with Crippen molar-refractivity contribution in [3.05, 3.63) is 143 Å². The third kappa shape index (κ3) is 11.6. The van der Waals surface area contributed by atoms with Crippen molar-refractivity contribution in [3.63, 3.8) is 0 Å². The molecule has 16 nitrogen and oxygen atoms in total. The Kier molecular flexibility index (Phi) is 13.5. The maximum Gasteiger partial charge on any atom is 0.232 e. The lowest BCUT2D eigenvalue weighted by atomic mass is 10.0. The fraction of sp³-hybridized carbons (Fsp3) is 0.217. The van der Waals surface area contributed by atoms with Crippen LogP contribution in [0.4, 0.5) is 46.0 Å². The molecule has 18 heteroatoms. The van der Waals surface area contributed by atoms with Gasteiger partial charge in [-0.3, -0.25) is 18.2 Å². The van der Waals surface area contributed by atoms with Crippen molar-refractivity contribution in [2.75, 3.05) is 56.5 Å². The first kappa shape index (κ1) is 44.7. The molecular weight excluding hydrogens is 853 g/mol. The van der Waals surface area contributed by atoms with Crippen LogP contribution in [-0.4, -0.2) is 75.2 Å². The SMILES string of the molecule is CN(c1ccccc1C#Cc1ccnc(Nc2ccc3c(c2)CCC(=O)N3)n1)S(C)(=O)=O.CN(c1ccccc1CCc1ccnc(Nc2ccc3c(c2)CCC(=O)N3)n1)S(C)(=O)=O. The summed E-state index contributed by atoms with van der Waals surface area (Å²) in [7, 11) is -3.69. The maximum absolute atomic E-state index is 12.0. The number of sulfonamides is 2. The zero-order chi connectivity index (χ0) is 45.4. The van der Waals surface area contributed by atoms with Crippen LogP contribution in [0, 0.1) is 11.8 Å². The standard InChI is InChI=1S/C23H25N5O3S.C23H21N5O3S/c2*1-28(32(2,30)31)21-6-4-3-5-16(21)7-9-18-13-14-24-23(25-18)26-19-10-11-20-17(15-19)8-12-22(29)27-20/h3-6,10-11,13-15H,7-9,12H2,1-2H3,(H,27,29)(H,24,25,26);3-6,10-11,13-15H,8,12H2,1-2H3,(H,27,29)(H,24,25,26). The molecule has 2 amide bonds. The number of anilines is 8. The molecule has 2 aliphatic heterocycles. The Hall–Kier alpha value is -7.36. The summed E-state index contributed by atoms with van der Waals surface area (Å²) in [6, 6.07) is 29.5. The molecule has 0 aliphatic carbocycles. The van der Waals surface area contributed by atoms with Gasteiger partial charge in [0.1, 0.15) is 5.69 Å². The van der Waals surface area contributed by atoms with E-state index >= 15 is 0 Å². The predicted octanol–water partition coefficient (Wildman–Crippen LogP) is 6.19. The summed E-state index contributed by atoms with van der Waals surface area (Å²) < 4.78 is 50.2. The molecule has 0 unspecified atom stereocenters. The highest BCUT2D eigenvalue weighted by Crippen LogP contribution is 2.29. The average Bonchev–Trinajstić information content (AvgIpc) is 3.27. The predicted molar refractivity (Wildman–Crippen MR) is 250 cm³/mol. The third-order valence-electron chi connectivity index (χ3n) is 10.4. The van der Waals surface area contributed by atoms with E-state index in [9.17, 15) is 26.4 Å². The highest BCUT2D eigenvalue weighted by molar-refractivity contribution is 7.92. The van der Waals surface area contributed by atoms with Gasteiger partial charge in [-0.05, 0) is 115 Å². The Morgan fingerprint density at radius 2 is 1.14 bits per heavy atom. The maximum atomic E-state index is 12.0. The minimum atomic E-state index is -3.41. The van der Waals surface area contributed by atoms with E-state index in [-0.39, 0.29) is 11.8 Å². The van der Waals surface area contributed by atoms with Crippen molar-refractivity contribution in [3.8, 4) is 11.8 Å². The van der Waals surface area contributed by atoms with Crippen LogP contribution in [0.2, 0.25) is 0 Å². The number of nitrogens with one attached hydrogen (secondary N) is 4. The summed E-state index contributed by atoms with van der Waals surface area (Å²) in [5.74, 6) is 6.93. The first-order chi connectivity index (χ1) is 30.6. The number of aromatic nitrogens is 4. The number of nitrogens with zero attached hydrogens (tertiary/aromatic N) is 6. The van der Waals surface area contributed by atoms with Crippen molar-refractivity contribution < 1.29 is 26.4 Å². The molecule has 64 heavy (non-hydrogen) atoms. The van der Waals surface area contributed by atoms with E-state index in [1.807, 2.05) is 66.7 Å². The smallest absolute Gasteiger partial charge is 0.232 e. The highest BCUT2D eigenvalue weighted by atomic mass is 32.2. The molecule has 6 aromatic rings. The van der Waals surface area contributed by atoms with Gasteiger partial charge in [0, 0.05) is 73.3 Å². The number of carbonyl (C=O) groups excluding carboxylic acids is 2. The minimum Gasteiger partial charge on any atom is -0.326 e. The number of para-hydroxylation sites is 2. The molecule has 0 spiro atoms. The number of rotatable bonds is 11. The molecule has 4 aromatic carbocycles. The van der Waals surface area contributed by atoms with Crippen LogP contribution in [0.15, 0.2) is 109 Å². The van der Waals surface area contributed by atoms with E-state index in [4.69, 9.17) is 0 Å². The normalized spacial score (nSPS) is 13.0. The van der Waals surface area contributed by atoms with Crippen LogP contribution < -0.4 is 29.9 Å². The van der Waals surface area contributed by atoms with Gasteiger partial charge in [0.2, 0.25) is 43.8 Å². The largest absolute Gasteiger partial charge is 0.326 e. The average molecular weight is 899 g/mol. The Morgan fingerprint density at radius 1 is 0.609 bits per heavy atom. The van der Waals surface area contributed by atoms with Gasteiger partial charge in [0.25, 0.3) is 0 Å². The zero-order valence-corrected chi connectivity index (χ0v) is 37.2. The van der Waals surface area contributed by atoms with Crippen molar-refractivity contribution in [2.24, 2.45) is 0 Å². The monoisotopic (exact) mass is 898 g/mol. The van der Waals surface area contributed by atoms with Crippen molar-refractivity contribution in [2.45, 2.75) is 38.5 Å². The molecule has 0 saturated heterocycles. The molecule has 0 saturated carbocycles. The van der Waals surface area contributed by atoms with Crippen molar-refractivity contribution >= 4 is 77.9 Å². The van der Waals surface area contributed by atoms with E-state index in [2.05, 4.69) is 53.0 Å². The molecule has 0 radical (unpaired) electrons. The van der Waals surface area contributed by atoms with Gasteiger partial charge in [-0.2, -0.15) is 0 Å². The van der Waals surface area contributed by atoms with Crippen molar-refractivity contribution in [1.29, 1.82) is 0 Å². The summed E-state index contributed by atoms with van der Waals surface area (Å²) >= 11 is 0. The zero-order valence-electron chi connectivity index (χ0n) is 35.6. The molecule has 0 atom stereocenters. The van der Waals surface area contributed by atoms with Crippen LogP contribution >= 0.6 is 0 Å². The van der Waals surface area contributed by atoms with Crippen LogP contribution in [0.5, 0.6) is 0 Å². The molecule has 2 aliphatic rings. The second-order valence-electron chi connectivity index (χ2n) is 15.1. The van der Waals surface area contributed by atoms with Crippen LogP contribution in [0.25, 0.3) is 0 Å². The Morgan fingerprint density at radius 3 is 1.75 bits per heavy atom. The van der Waals surface area contributed by atoms with Gasteiger partial charge < -0.3 is 21.3 Å². The molecule has 8 rings (SSSR count). The molecule has 4 heterocycles. The fourth-order valence-electron chi connectivity index (χ4n) is 6.90. The van der Waals surface area contributed by atoms with Crippen LogP contribution in [-0.2, 0) is 55.3 Å². The number of hydrogen-bond donors (Lipinski definition) is 4. The second-order valence-corrected chi connectivity index (χ2v) is 19.1. The van der Waals surface area contributed by atoms with Gasteiger partial charge in [0.05, 0.1) is 23.9 Å². The summed E-state index contributed by atoms with van der Waals surface area (Å²) in [5.41, 5.74) is 9.49. The van der Waals surface area contributed by atoms with Gasteiger partial charge in [0.15, 0.2) is 0 Å². The van der Waals surface area contributed by atoms with Gasteiger partial charge in [-0.1, -0.05) is 36.3 Å². The molecule has 0 fully saturated rings. The van der Waals surface area contributed by atoms with E-state index < -0.39 is 20.0 Å². The number of aryl methyl sites for hydroxylation is 4. The number of carbonyl (C=O) groups is 2. The lowest BCUT2D eigenvalue weighted by molar-refractivity contribution is -0.117. The van der Waals surface area contributed by atoms with E-state index in [0.717, 1.165) is 51.4 Å². The highest BCUT2D eigenvalue weighted by Gasteiger charge is 2.19. The van der Waals surface area contributed by atoms with Crippen LogP contribution in [0.1, 0.15) is 46.5 Å². The first-order valence-corrected chi connectivity index (χ1v) is 23.9. The Bertz CT molecular complexity index is 3030. The van der Waals surface area contributed by atoms with Gasteiger partial charge >= 0.3 is 0 Å². The number of benzene rings is 4. The second kappa shape index (κ2) is 19.4. The third-order valence-corrected chi connectivity index (χ3v) is 12.8. The fourth-order valence-corrected chi connectivity index (χ4v) is 7.95. The molecule has 2 aromatic heterocycles. The molecule has 0 bridgehead atoms. The molecular formula is C46H46N10O6S2.